The van der Waals surface area contributed by atoms with Crippen LogP contribution in [0.5, 0.6) is 0 Å². The number of H-pyrrole nitrogens is 1. The number of rotatable bonds is 2. The number of fused-ring (bicyclic) bond motifs is 1. The Morgan fingerprint density at radius 2 is 2.40 bits per heavy atom. The Morgan fingerprint density at radius 3 is 3.20 bits per heavy atom. The van der Waals surface area contributed by atoms with Gasteiger partial charge in [0.15, 0.2) is 0 Å². The van der Waals surface area contributed by atoms with Gasteiger partial charge < -0.3 is 4.98 Å². The Bertz CT molecular complexity index is 455. The van der Waals surface area contributed by atoms with Gasteiger partial charge in [-0.1, -0.05) is 6.07 Å². The molecule has 1 unspecified atom stereocenters. The molecule has 0 radical (unpaired) electrons. The highest BCUT2D eigenvalue weighted by molar-refractivity contribution is 5.45. The van der Waals surface area contributed by atoms with E-state index in [2.05, 4.69) is 4.98 Å². The first-order chi connectivity index (χ1) is 7.31. The van der Waals surface area contributed by atoms with Crippen molar-refractivity contribution in [3.8, 4) is 0 Å². The van der Waals surface area contributed by atoms with Crippen LogP contribution in [0.4, 0.5) is 0 Å². The number of hydrogen-bond donors (Lipinski definition) is 1. The summed E-state index contributed by atoms with van der Waals surface area (Å²) in [6.07, 6.45) is 5.35. The molecule has 1 heterocycles. The smallest absolute Gasteiger partial charge is 0.248 e. The van der Waals surface area contributed by atoms with E-state index in [1.54, 1.807) is 6.07 Å². The lowest BCUT2D eigenvalue weighted by atomic mass is 9.84. The van der Waals surface area contributed by atoms with E-state index in [4.69, 9.17) is 0 Å². The van der Waals surface area contributed by atoms with Crippen LogP contribution in [-0.2, 0) is 11.2 Å². The number of aromatic amines is 1. The van der Waals surface area contributed by atoms with Crippen molar-refractivity contribution in [1.82, 2.24) is 4.98 Å². The topological polar surface area (TPSA) is 49.9 Å². The fourth-order valence-electron chi connectivity index (χ4n) is 2.23. The molecule has 1 aliphatic rings. The van der Waals surface area contributed by atoms with Crippen LogP contribution < -0.4 is 5.56 Å². The first kappa shape index (κ1) is 9.94. The maximum Gasteiger partial charge on any atom is 0.248 e. The molecule has 0 fully saturated rings. The summed E-state index contributed by atoms with van der Waals surface area (Å²) in [5.74, 6) is 2.18. The zero-order chi connectivity index (χ0) is 10.7. The van der Waals surface area contributed by atoms with Crippen LogP contribution in [0.15, 0.2) is 23.0 Å². The predicted molar refractivity (Wildman–Crippen MR) is 57.6 cm³/mol. The van der Waals surface area contributed by atoms with Gasteiger partial charge in [-0.2, -0.15) is 0 Å². The van der Waals surface area contributed by atoms with Crippen molar-refractivity contribution in [3.63, 3.8) is 0 Å². The quantitative estimate of drug-likeness (QED) is 0.742. The Kier molecular flexibility index (Phi) is 2.84. The van der Waals surface area contributed by atoms with E-state index in [9.17, 15) is 9.59 Å². The van der Waals surface area contributed by atoms with Gasteiger partial charge in [0.1, 0.15) is 5.94 Å². The van der Waals surface area contributed by atoms with Gasteiger partial charge in [0.25, 0.3) is 0 Å². The molecule has 0 aromatic carbocycles. The summed E-state index contributed by atoms with van der Waals surface area (Å²) in [5.41, 5.74) is 2.19. The van der Waals surface area contributed by atoms with Crippen molar-refractivity contribution in [2.75, 3.05) is 0 Å². The van der Waals surface area contributed by atoms with E-state index in [0.717, 1.165) is 31.4 Å². The molecular weight excluding hydrogens is 190 g/mol. The molecule has 1 N–H and O–H groups in total. The van der Waals surface area contributed by atoms with Gasteiger partial charge in [0, 0.05) is 17.8 Å². The monoisotopic (exact) mass is 203 g/mol. The van der Waals surface area contributed by atoms with Crippen LogP contribution in [0.3, 0.4) is 0 Å². The van der Waals surface area contributed by atoms with E-state index in [1.165, 1.54) is 11.6 Å². The highest BCUT2D eigenvalue weighted by Crippen LogP contribution is 2.32. The van der Waals surface area contributed by atoms with Gasteiger partial charge in [-0.25, -0.2) is 4.79 Å². The molecule has 0 saturated heterocycles. The second-order valence-electron chi connectivity index (χ2n) is 3.90. The second kappa shape index (κ2) is 4.28. The number of pyridine rings is 1. The van der Waals surface area contributed by atoms with Crippen molar-refractivity contribution in [3.05, 3.63) is 39.8 Å². The van der Waals surface area contributed by atoms with Crippen molar-refractivity contribution >= 4 is 5.94 Å². The van der Waals surface area contributed by atoms with E-state index in [0.29, 0.717) is 5.92 Å². The van der Waals surface area contributed by atoms with E-state index >= 15 is 0 Å². The Balaban J connectivity index is 2.33. The summed E-state index contributed by atoms with van der Waals surface area (Å²) in [4.78, 5) is 24.2. The molecule has 1 aromatic heterocycles. The van der Waals surface area contributed by atoms with Crippen LogP contribution in [0.2, 0.25) is 0 Å². The lowest BCUT2D eigenvalue weighted by molar-refractivity contribution is 0.542. The van der Waals surface area contributed by atoms with Crippen LogP contribution in [0.25, 0.3) is 0 Å². The summed E-state index contributed by atoms with van der Waals surface area (Å²) in [5, 5.41) is 0. The lowest BCUT2D eigenvalue weighted by Gasteiger charge is -2.23. The van der Waals surface area contributed by atoms with Crippen LogP contribution in [-0.4, -0.2) is 10.9 Å². The molecule has 78 valence electrons. The van der Waals surface area contributed by atoms with Crippen LogP contribution in [0.1, 0.15) is 36.4 Å². The molecule has 3 nitrogen and oxygen atoms in total. The molecule has 1 aliphatic carbocycles. The molecule has 0 aliphatic heterocycles. The average Bonchev–Trinajstić information content (AvgIpc) is 2.25. The first-order valence-corrected chi connectivity index (χ1v) is 5.22. The third-order valence-corrected chi connectivity index (χ3v) is 2.94. The molecule has 2 rings (SSSR count). The zero-order valence-corrected chi connectivity index (χ0v) is 8.45. The standard InChI is InChI=1S/C12H13NO2/c14-8-2-4-9-3-1-5-11-10(9)6-7-12(15)13-11/h2,6-7,9H,1,3-5H2,(H,13,15). The molecule has 1 aromatic rings. The van der Waals surface area contributed by atoms with Crippen molar-refractivity contribution in [2.45, 2.75) is 31.6 Å². The number of hydrogen-bond acceptors (Lipinski definition) is 2. The molecule has 15 heavy (non-hydrogen) atoms. The fourth-order valence-corrected chi connectivity index (χ4v) is 2.23. The van der Waals surface area contributed by atoms with Crippen LogP contribution in [0, 0.1) is 0 Å². The highest BCUT2D eigenvalue weighted by atomic mass is 16.1. The van der Waals surface area contributed by atoms with Gasteiger partial charge in [0.05, 0.1) is 0 Å². The van der Waals surface area contributed by atoms with E-state index in [1.807, 2.05) is 12.0 Å². The summed E-state index contributed by atoms with van der Waals surface area (Å²) >= 11 is 0. The summed E-state index contributed by atoms with van der Waals surface area (Å²) in [6, 6.07) is 3.44. The van der Waals surface area contributed by atoms with Gasteiger partial charge in [-0.05, 0) is 37.2 Å². The minimum atomic E-state index is -0.0414. The number of nitrogens with one attached hydrogen (secondary N) is 1. The number of aromatic nitrogens is 1. The number of allylic oxidation sites excluding steroid dienone is 1. The maximum atomic E-state index is 11.1. The van der Waals surface area contributed by atoms with Crippen molar-refractivity contribution in [1.29, 1.82) is 0 Å². The summed E-state index contributed by atoms with van der Waals surface area (Å²) < 4.78 is 0. The fraction of sp³-hybridized carbons (Fsp3) is 0.417. The van der Waals surface area contributed by atoms with E-state index in [-0.39, 0.29) is 5.56 Å². The minimum Gasteiger partial charge on any atom is -0.326 e. The van der Waals surface area contributed by atoms with Crippen LogP contribution >= 0.6 is 0 Å². The SMILES string of the molecule is O=C=CCC1CCCc2[nH]c(=O)ccc21. The molecule has 0 spiro atoms. The van der Waals surface area contributed by atoms with Crippen molar-refractivity contribution in [2.24, 2.45) is 0 Å². The molecule has 0 amide bonds. The van der Waals surface area contributed by atoms with Gasteiger partial charge in [0.2, 0.25) is 5.56 Å². The molecule has 3 heteroatoms. The molecule has 1 atom stereocenters. The second-order valence-corrected chi connectivity index (χ2v) is 3.90. The maximum absolute atomic E-state index is 11.1. The lowest BCUT2D eigenvalue weighted by Crippen LogP contribution is -2.16. The number of carbonyl (C=O) groups excluding carboxylic acids is 1. The van der Waals surface area contributed by atoms with Gasteiger partial charge in [-0.15, -0.1) is 0 Å². The Morgan fingerprint density at radius 1 is 1.53 bits per heavy atom. The molecular formula is C12H13NO2. The summed E-state index contributed by atoms with van der Waals surface area (Å²) in [7, 11) is 0. The van der Waals surface area contributed by atoms with E-state index < -0.39 is 0 Å². The third kappa shape index (κ3) is 2.08. The average molecular weight is 203 g/mol. The van der Waals surface area contributed by atoms with Gasteiger partial charge in [-0.3, -0.25) is 4.79 Å². The predicted octanol–water partition coefficient (Wildman–Crippen LogP) is 1.57. The Hall–Kier alpha value is -1.60. The highest BCUT2D eigenvalue weighted by Gasteiger charge is 2.19. The zero-order valence-electron chi connectivity index (χ0n) is 8.45. The molecule has 0 saturated carbocycles. The largest absolute Gasteiger partial charge is 0.326 e. The normalized spacial score (nSPS) is 19.1. The Labute approximate surface area is 87.8 Å². The number of aryl methyl sites for hydroxylation is 1. The van der Waals surface area contributed by atoms with Crippen molar-refractivity contribution < 1.29 is 4.79 Å². The minimum absolute atomic E-state index is 0.0414. The third-order valence-electron chi connectivity index (χ3n) is 2.94. The first-order valence-electron chi connectivity index (χ1n) is 5.22. The van der Waals surface area contributed by atoms with Gasteiger partial charge >= 0.3 is 0 Å². The molecule has 0 bridgehead atoms. The summed E-state index contributed by atoms with van der Waals surface area (Å²) in [6.45, 7) is 0.